The van der Waals surface area contributed by atoms with Gasteiger partial charge in [-0.3, -0.25) is 0 Å². The van der Waals surface area contributed by atoms with Crippen molar-refractivity contribution in [2.75, 3.05) is 0 Å². The summed E-state index contributed by atoms with van der Waals surface area (Å²) < 4.78 is 81.7. The zero-order valence-corrected chi connectivity index (χ0v) is 12.3. The summed E-state index contributed by atoms with van der Waals surface area (Å²) in [5.74, 6) is -1.24. The second-order valence-electron chi connectivity index (χ2n) is 5.04. The molecular formula is C16H10F6O3. The minimum absolute atomic E-state index is 0.00544. The summed E-state index contributed by atoms with van der Waals surface area (Å²) in [6.45, 7) is -0.587. The van der Waals surface area contributed by atoms with Crippen LogP contribution in [0.2, 0.25) is 0 Å². The summed E-state index contributed by atoms with van der Waals surface area (Å²) in [5, 5.41) is 8.84. The van der Waals surface area contributed by atoms with Crippen molar-refractivity contribution < 1.29 is 41.0 Å². The fourth-order valence-corrected chi connectivity index (χ4v) is 1.99. The first-order valence-electron chi connectivity index (χ1n) is 6.71. The SMILES string of the molecule is O=C(O)c1cccc(OCc2cc(C(F)(F)F)cc(C(F)(F)F)c2)c1. The number of alkyl halides is 6. The predicted octanol–water partition coefficient (Wildman–Crippen LogP) is 5.00. The first-order chi connectivity index (χ1) is 11.5. The molecule has 2 aromatic carbocycles. The fraction of sp³-hybridized carbons (Fsp3) is 0.188. The maximum atomic E-state index is 12.8. The minimum atomic E-state index is -4.95. The largest absolute Gasteiger partial charge is 0.489 e. The number of carboxylic acid groups (broad SMARTS) is 1. The zero-order chi connectivity index (χ0) is 18.8. The Balaban J connectivity index is 2.30. The average molecular weight is 364 g/mol. The normalized spacial score (nSPS) is 12.1. The van der Waals surface area contributed by atoms with Gasteiger partial charge >= 0.3 is 18.3 Å². The Morgan fingerprint density at radius 2 is 1.48 bits per heavy atom. The molecule has 1 N–H and O–H groups in total. The van der Waals surface area contributed by atoms with E-state index in [2.05, 4.69) is 0 Å². The molecule has 0 aliphatic heterocycles. The van der Waals surface area contributed by atoms with E-state index in [0.29, 0.717) is 12.1 Å². The summed E-state index contributed by atoms with van der Waals surface area (Å²) in [4.78, 5) is 10.8. The van der Waals surface area contributed by atoms with Gasteiger partial charge in [-0.15, -0.1) is 0 Å². The van der Waals surface area contributed by atoms with Crippen LogP contribution in [0.3, 0.4) is 0 Å². The number of rotatable bonds is 4. The van der Waals surface area contributed by atoms with Gasteiger partial charge in [-0.05, 0) is 42.0 Å². The standard InChI is InChI=1S/C16H10F6O3/c17-15(18,19)11-4-9(5-12(7-11)16(20,21)22)8-25-13-3-1-2-10(6-13)14(23)24/h1-7H,8H2,(H,23,24). The summed E-state index contributed by atoms with van der Waals surface area (Å²) in [6, 6.07) is 6.18. The lowest BCUT2D eigenvalue weighted by molar-refractivity contribution is -0.143. The van der Waals surface area contributed by atoms with Gasteiger partial charge in [0.15, 0.2) is 0 Å². The number of halogens is 6. The second kappa shape index (κ2) is 6.66. The Morgan fingerprint density at radius 3 is 1.96 bits per heavy atom. The molecule has 0 atom stereocenters. The molecule has 0 amide bonds. The number of carboxylic acids is 1. The highest BCUT2D eigenvalue weighted by atomic mass is 19.4. The van der Waals surface area contributed by atoms with Gasteiger partial charge in [0.2, 0.25) is 0 Å². The highest BCUT2D eigenvalue weighted by Gasteiger charge is 2.36. The van der Waals surface area contributed by atoms with Crippen LogP contribution in [-0.2, 0) is 19.0 Å². The number of hydrogen-bond donors (Lipinski definition) is 1. The third-order valence-corrected chi connectivity index (χ3v) is 3.13. The van der Waals surface area contributed by atoms with Crippen molar-refractivity contribution in [3.05, 3.63) is 64.7 Å². The number of carbonyl (C=O) groups is 1. The molecule has 0 unspecified atom stereocenters. The summed E-state index contributed by atoms with van der Waals surface area (Å²) in [6.07, 6.45) is -9.89. The monoisotopic (exact) mass is 364 g/mol. The summed E-state index contributed by atoms with van der Waals surface area (Å²) in [7, 11) is 0. The van der Waals surface area contributed by atoms with E-state index in [1.165, 1.54) is 18.2 Å². The molecule has 0 heterocycles. The highest BCUT2D eigenvalue weighted by molar-refractivity contribution is 5.87. The quantitative estimate of drug-likeness (QED) is 0.777. The van der Waals surface area contributed by atoms with Crippen LogP contribution in [0.4, 0.5) is 26.3 Å². The molecule has 0 saturated carbocycles. The molecule has 0 spiro atoms. The van der Waals surface area contributed by atoms with Crippen molar-refractivity contribution in [3.63, 3.8) is 0 Å². The van der Waals surface area contributed by atoms with Crippen LogP contribution in [0.5, 0.6) is 5.75 Å². The van der Waals surface area contributed by atoms with Gasteiger partial charge in [-0.25, -0.2) is 4.79 Å². The molecule has 2 aromatic rings. The van der Waals surface area contributed by atoms with Gasteiger partial charge in [0, 0.05) is 0 Å². The molecule has 0 bridgehead atoms. The lowest BCUT2D eigenvalue weighted by Crippen LogP contribution is -2.12. The van der Waals surface area contributed by atoms with Crippen LogP contribution < -0.4 is 4.74 Å². The van der Waals surface area contributed by atoms with Crippen molar-refractivity contribution >= 4 is 5.97 Å². The van der Waals surface area contributed by atoms with Crippen molar-refractivity contribution in [2.24, 2.45) is 0 Å². The number of aromatic carboxylic acids is 1. The lowest BCUT2D eigenvalue weighted by atomic mass is 10.1. The van der Waals surface area contributed by atoms with E-state index in [9.17, 15) is 31.1 Å². The Morgan fingerprint density at radius 1 is 0.920 bits per heavy atom. The molecule has 0 fully saturated rings. The van der Waals surface area contributed by atoms with Gasteiger partial charge in [0.25, 0.3) is 0 Å². The van der Waals surface area contributed by atoms with Crippen LogP contribution in [0.25, 0.3) is 0 Å². The summed E-state index contributed by atoms with van der Waals surface area (Å²) in [5.41, 5.74) is -3.36. The van der Waals surface area contributed by atoms with Gasteiger partial charge in [0.1, 0.15) is 12.4 Å². The summed E-state index contributed by atoms with van der Waals surface area (Å²) >= 11 is 0. The second-order valence-corrected chi connectivity index (χ2v) is 5.04. The molecule has 25 heavy (non-hydrogen) atoms. The highest BCUT2D eigenvalue weighted by Crippen LogP contribution is 2.36. The van der Waals surface area contributed by atoms with Gasteiger partial charge in [-0.2, -0.15) is 26.3 Å². The van der Waals surface area contributed by atoms with Gasteiger partial charge in [0.05, 0.1) is 16.7 Å². The van der Waals surface area contributed by atoms with Crippen molar-refractivity contribution in [1.82, 2.24) is 0 Å². The number of ether oxygens (including phenoxy) is 1. The Kier molecular flexibility index (Phi) is 4.96. The molecule has 134 valence electrons. The van der Waals surface area contributed by atoms with Crippen molar-refractivity contribution in [1.29, 1.82) is 0 Å². The van der Waals surface area contributed by atoms with Crippen LogP contribution in [0.15, 0.2) is 42.5 Å². The molecule has 0 aliphatic carbocycles. The minimum Gasteiger partial charge on any atom is -0.489 e. The van der Waals surface area contributed by atoms with E-state index in [-0.39, 0.29) is 22.9 Å². The Labute approximate surface area is 137 Å². The van der Waals surface area contributed by atoms with Crippen LogP contribution >= 0.6 is 0 Å². The predicted molar refractivity (Wildman–Crippen MR) is 74.2 cm³/mol. The van der Waals surface area contributed by atoms with Crippen molar-refractivity contribution in [2.45, 2.75) is 19.0 Å². The molecule has 0 aromatic heterocycles. The molecule has 0 radical (unpaired) electrons. The van der Waals surface area contributed by atoms with Crippen LogP contribution in [0.1, 0.15) is 27.0 Å². The van der Waals surface area contributed by atoms with Crippen molar-refractivity contribution in [3.8, 4) is 5.75 Å². The maximum absolute atomic E-state index is 12.8. The number of benzene rings is 2. The van der Waals surface area contributed by atoms with E-state index >= 15 is 0 Å². The third-order valence-electron chi connectivity index (χ3n) is 3.13. The zero-order valence-electron chi connectivity index (χ0n) is 12.3. The first-order valence-corrected chi connectivity index (χ1v) is 6.71. The van der Waals surface area contributed by atoms with Gasteiger partial charge in [-0.1, -0.05) is 6.07 Å². The van der Waals surface area contributed by atoms with Crippen LogP contribution in [-0.4, -0.2) is 11.1 Å². The topological polar surface area (TPSA) is 46.5 Å². The third kappa shape index (κ3) is 4.88. The molecule has 2 rings (SSSR count). The van der Waals surface area contributed by atoms with E-state index in [4.69, 9.17) is 9.84 Å². The number of hydrogen-bond acceptors (Lipinski definition) is 2. The molecule has 0 saturated heterocycles. The van der Waals surface area contributed by atoms with E-state index in [0.717, 1.165) is 6.07 Å². The smallest absolute Gasteiger partial charge is 0.416 e. The molecule has 0 aliphatic rings. The first kappa shape index (κ1) is 18.6. The van der Waals surface area contributed by atoms with E-state index in [1.807, 2.05) is 0 Å². The lowest BCUT2D eigenvalue weighted by Gasteiger charge is -2.14. The van der Waals surface area contributed by atoms with Gasteiger partial charge < -0.3 is 9.84 Å². The Bertz CT molecular complexity index is 748. The fourth-order valence-electron chi connectivity index (χ4n) is 1.99. The van der Waals surface area contributed by atoms with Crippen LogP contribution in [0, 0.1) is 0 Å². The molecular weight excluding hydrogens is 354 g/mol. The van der Waals surface area contributed by atoms with E-state index < -0.39 is 36.1 Å². The average Bonchev–Trinajstić information content (AvgIpc) is 2.51. The van der Waals surface area contributed by atoms with E-state index in [1.54, 1.807) is 0 Å². The maximum Gasteiger partial charge on any atom is 0.416 e. The molecule has 9 heteroatoms. The molecule has 3 nitrogen and oxygen atoms in total. The Hall–Kier alpha value is -2.71.